The number of benzene rings is 1. The maximum Gasteiger partial charge on any atom is 0.165 e. The lowest BCUT2D eigenvalue weighted by Gasteiger charge is -2.29. The lowest BCUT2D eigenvalue weighted by atomic mass is 9.81. The van der Waals surface area contributed by atoms with Crippen molar-refractivity contribution in [3.8, 4) is 0 Å². The quantitative estimate of drug-likeness (QED) is 0.699. The van der Waals surface area contributed by atoms with Crippen LogP contribution in [0.4, 0.5) is 0 Å². The normalized spacial score (nSPS) is 28.6. The number of hydrogen-bond donors (Lipinski definition) is 2. The van der Waals surface area contributed by atoms with Gasteiger partial charge in [-0.15, -0.1) is 0 Å². The van der Waals surface area contributed by atoms with Crippen molar-refractivity contribution in [3.63, 3.8) is 0 Å². The molecule has 1 fully saturated rings. The molecule has 30 heavy (non-hydrogen) atoms. The fraction of sp³-hybridized carbons (Fsp3) is 0.417. The van der Waals surface area contributed by atoms with Crippen LogP contribution in [-0.4, -0.2) is 42.6 Å². The predicted octanol–water partition coefficient (Wildman–Crippen LogP) is 3.34. The number of nitrogens with zero attached hydrogens (tertiary/aromatic N) is 3. The Morgan fingerprint density at radius 3 is 2.87 bits per heavy atom. The van der Waals surface area contributed by atoms with Gasteiger partial charge in [0.1, 0.15) is 29.8 Å². The van der Waals surface area contributed by atoms with E-state index < -0.39 is 24.0 Å². The minimum Gasteiger partial charge on any atom is -0.385 e. The summed E-state index contributed by atoms with van der Waals surface area (Å²) in [5, 5.41) is 23.2. The molecule has 0 amide bonds. The van der Waals surface area contributed by atoms with Crippen molar-refractivity contribution in [1.82, 2.24) is 14.5 Å². The highest BCUT2D eigenvalue weighted by molar-refractivity contribution is 5.78. The minimum absolute atomic E-state index is 0.672. The standard InChI is InChI=1S/C24H27N3O3/c1-14(17-10-6-8-16-7-4-5-9-19(16)17)21-24(3,29)20(28)23(30-21)27-12-11-18-15(2)25-13-26-22(18)27/h6,8,10-13,20-21,23,28-29H,1,4-5,7,9H2,2-3H3/t20-,21+,23+,24-/m0/s1. The van der Waals surface area contributed by atoms with Crippen LogP contribution in [0.15, 0.2) is 43.4 Å². The first-order chi connectivity index (χ1) is 14.4. The van der Waals surface area contributed by atoms with Crippen LogP contribution >= 0.6 is 0 Å². The van der Waals surface area contributed by atoms with Crippen molar-refractivity contribution in [2.45, 2.75) is 63.6 Å². The number of aliphatic hydroxyl groups excluding tert-OH is 1. The Morgan fingerprint density at radius 2 is 2.03 bits per heavy atom. The van der Waals surface area contributed by atoms with Gasteiger partial charge >= 0.3 is 0 Å². The van der Waals surface area contributed by atoms with E-state index >= 15 is 0 Å². The third-order valence-electron chi connectivity index (χ3n) is 6.72. The molecule has 0 unspecified atom stereocenters. The first-order valence-corrected chi connectivity index (χ1v) is 10.5. The second kappa shape index (κ2) is 7.01. The Balaban J connectivity index is 1.53. The highest BCUT2D eigenvalue weighted by atomic mass is 16.6. The molecule has 6 heteroatoms. The van der Waals surface area contributed by atoms with Crippen molar-refractivity contribution in [2.24, 2.45) is 0 Å². The first kappa shape index (κ1) is 19.4. The summed E-state index contributed by atoms with van der Waals surface area (Å²) in [4.78, 5) is 8.60. The fourth-order valence-electron chi connectivity index (χ4n) is 4.97. The van der Waals surface area contributed by atoms with Gasteiger partial charge < -0.3 is 19.5 Å². The predicted molar refractivity (Wildman–Crippen MR) is 115 cm³/mol. The number of ether oxygens (including phenoxy) is 1. The molecule has 1 aliphatic heterocycles. The molecule has 2 aromatic heterocycles. The van der Waals surface area contributed by atoms with Gasteiger partial charge in [0, 0.05) is 11.6 Å². The molecule has 2 N–H and O–H groups in total. The number of aliphatic hydroxyl groups is 2. The largest absolute Gasteiger partial charge is 0.385 e. The maximum absolute atomic E-state index is 11.3. The SMILES string of the molecule is C=C(c1cccc2c1CCCC2)[C@H]1O[C@@H](n2ccc3c(C)ncnc32)[C@H](O)[C@]1(C)O. The lowest BCUT2D eigenvalue weighted by Crippen LogP contribution is -2.45. The van der Waals surface area contributed by atoms with Gasteiger partial charge in [0.2, 0.25) is 0 Å². The van der Waals surface area contributed by atoms with Crippen LogP contribution in [0.2, 0.25) is 0 Å². The number of aryl methyl sites for hydroxylation is 2. The smallest absolute Gasteiger partial charge is 0.165 e. The van der Waals surface area contributed by atoms with Gasteiger partial charge in [-0.2, -0.15) is 0 Å². The van der Waals surface area contributed by atoms with Crippen LogP contribution < -0.4 is 0 Å². The third kappa shape index (κ3) is 2.82. The van der Waals surface area contributed by atoms with Gasteiger partial charge in [0.15, 0.2) is 6.23 Å². The van der Waals surface area contributed by atoms with Crippen molar-refractivity contribution >= 4 is 16.6 Å². The van der Waals surface area contributed by atoms with E-state index in [0.717, 1.165) is 35.9 Å². The van der Waals surface area contributed by atoms with Crippen LogP contribution in [0.3, 0.4) is 0 Å². The van der Waals surface area contributed by atoms with Gasteiger partial charge in [0.05, 0.1) is 5.69 Å². The maximum atomic E-state index is 11.3. The molecule has 5 rings (SSSR count). The molecule has 4 atom stereocenters. The molecular formula is C24H27N3O3. The van der Waals surface area contributed by atoms with Crippen LogP contribution in [0.5, 0.6) is 0 Å². The van der Waals surface area contributed by atoms with Gasteiger partial charge in [-0.1, -0.05) is 24.8 Å². The molecule has 0 radical (unpaired) electrons. The molecule has 1 aromatic carbocycles. The second-order valence-electron chi connectivity index (χ2n) is 8.67. The van der Waals surface area contributed by atoms with Gasteiger partial charge in [-0.25, -0.2) is 9.97 Å². The van der Waals surface area contributed by atoms with Crippen LogP contribution in [0.1, 0.15) is 48.4 Å². The Hall–Kier alpha value is -2.54. The number of rotatable bonds is 3. The van der Waals surface area contributed by atoms with E-state index in [1.165, 1.54) is 23.9 Å². The van der Waals surface area contributed by atoms with Crippen molar-refractivity contribution in [1.29, 1.82) is 0 Å². The minimum atomic E-state index is -1.49. The summed E-state index contributed by atoms with van der Waals surface area (Å²) in [5.41, 5.74) is 4.42. The zero-order valence-electron chi connectivity index (χ0n) is 17.4. The van der Waals surface area contributed by atoms with E-state index in [9.17, 15) is 10.2 Å². The van der Waals surface area contributed by atoms with E-state index in [4.69, 9.17) is 4.74 Å². The average Bonchev–Trinajstić information content (AvgIpc) is 3.27. The van der Waals surface area contributed by atoms with E-state index in [1.54, 1.807) is 11.5 Å². The Morgan fingerprint density at radius 1 is 1.23 bits per heavy atom. The summed E-state index contributed by atoms with van der Waals surface area (Å²) >= 11 is 0. The van der Waals surface area contributed by atoms with Gasteiger partial charge in [-0.05, 0) is 67.9 Å². The van der Waals surface area contributed by atoms with E-state index in [1.807, 2.05) is 31.3 Å². The number of fused-ring (bicyclic) bond motifs is 2. The van der Waals surface area contributed by atoms with Crippen LogP contribution in [0, 0.1) is 6.92 Å². The third-order valence-corrected chi connectivity index (χ3v) is 6.72. The van der Waals surface area contributed by atoms with Gasteiger partial charge in [-0.3, -0.25) is 0 Å². The van der Waals surface area contributed by atoms with Crippen LogP contribution in [0.25, 0.3) is 16.6 Å². The zero-order chi connectivity index (χ0) is 21.0. The topological polar surface area (TPSA) is 80.4 Å². The Bertz CT molecular complexity index is 1130. The van der Waals surface area contributed by atoms with Gasteiger partial charge in [0.25, 0.3) is 0 Å². The van der Waals surface area contributed by atoms with Crippen molar-refractivity contribution in [2.75, 3.05) is 0 Å². The van der Waals surface area contributed by atoms with E-state index in [-0.39, 0.29) is 0 Å². The average molecular weight is 405 g/mol. The lowest BCUT2D eigenvalue weighted by molar-refractivity contribution is -0.0524. The highest BCUT2D eigenvalue weighted by Gasteiger charge is 2.54. The molecule has 1 saturated heterocycles. The molecule has 156 valence electrons. The molecule has 3 aromatic rings. The molecule has 1 aliphatic carbocycles. The Kier molecular flexibility index (Phi) is 4.54. The van der Waals surface area contributed by atoms with E-state index in [2.05, 4.69) is 22.6 Å². The second-order valence-corrected chi connectivity index (χ2v) is 8.67. The molecule has 0 spiro atoms. The number of hydrogen-bond acceptors (Lipinski definition) is 5. The van der Waals surface area contributed by atoms with E-state index in [0.29, 0.717) is 11.2 Å². The fourth-order valence-corrected chi connectivity index (χ4v) is 4.97. The number of aromatic nitrogens is 3. The molecule has 6 nitrogen and oxygen atoms in total. The Labute approximate surface area is 175 Å². The molecule has 0 saturated carbocycles. The van der Waals surface area contributed by atoms with Crippen LogP contribution in [-0.2, 0) is 17.6 Å². The summed E-state index contributed by atoms with van der Waals surface area (Å²) in [6.07, 6.45) is 5.11. The van der Waals surface area contributed by atoms with Crippen molar-refractivity contribution < 1.29 is 14.9 Å². The summed E-state index contributed by atoms with van der Waals surface area (Å²) in [6.45, 7) is 7.84. The highest BCUT2D eigenvalue weighted by Crippen LogP contribution is 2.44. The molecular weight excluding hydrogens is 378 g/mol. The summed E-state index contributed by atoms with van der Waals surface area (Å²) in [6, 6.07) is 8.17. The molecule has 3 heterocycles. The summed E-state index contributed by atoms with van der Waals surface area (Å²) < 4.78 is 8.07. The molecule has 0 bridgehead atoms. The molecule has 2 aliphatic rings. The summed E-state index contributed by atoms with van der Waals surface area (Å²) in [7, 11) is 0. The van der Waals surface area contributed by atoms with Crippen molar-refractivity contribution in [3.05, 3.63) is 65.8 Å². The summed E-state index contributed by atoms with van der Waals surface area (Å²) in [5.74, 6) is 0. The monoisotopic (exact) mass is 405 g/mol. The zero-order valence-corrected chi connectivity index (χ0v) is 17.4. The first-order valence-electron chi connectivity index (χ1n) is 10.5.